The lowest BCUT2D eigenvalue weighted by Crippen LogP contribution is -2.57. The Morgan fingerprint density at radius 2 is 1.59 bits per heavy atom. The molecule has 1 aromatic heterocycles. The van der Waals surface area contributed by atoms with Crippen LogP contribution in [0.5, 0.6) is 0 Å². The van der Waals surface area contributed by atoms with Gasteiger partial charge in [0.2, 0.25) is 17.7 Å². The van der Waals surface area contributed by atoms with Crippen LogP contribution in [0.3, 0.4) is 0 Å². The molecule has 0 spiro atoms. The van der Waals surface area contributed by atoms with Gasteiger partial charge >= 0.3 is 5.97 Å². The molecule has 0 aliphatic heterocycles. The molecule has 4 atom stereocenters. The number of carbonyl (C=O) groups excluding carboxylic acids is 3. The smallest absolute Gasteiger partial charge is 0.326 e. The first-order valence-corrected chi connectivity index (χ1v) is 13.4. The number of H-pyrrole nitrogens is 1. The third kappa shape index (κ3) is 12.1. The number of aliphatic carboxylic acids is 1. The van der Waals surface area contributed by atoms with Gasteiger partial charge in [0.15, 0.2) is 5.96 Å². The minimum atomic E-state index is -1.25. The van der Waals surface area contributed by atoms with Crippen LogP contribution in [0.15, 0.2) is 47.8 Å². The molecule has 0 bridgehead atoms. The number of aromatic nitrogens is 2. The minimum absolute atomic E-state index is 0.0175. The van der Waals surface area contributed by atoms with Crippen LogP contribution in [0.4, 0.5) is 0 Å². The summed E-state index contributed by atoms with van der Waals surface area (Å²) in [5.74, 6) is -3.17. The second kappa shape index (κ2) is 16.6. The van der Waals surface area contributed by atoms with Crippen molar-refractivity contribution >= 4 is 29.7 Å². The van der Waals surface area contributed by atoms with Crippen molar-refractivity contribution in [1.82, 2.24) is 25.9 Å². The minimum Gasteiger partial charge on any atom is -0.480 e. The number of carbonyl (C=O) groups is 4. The third-order valence-electron chi connectivity index (χ3n) is 6.15. The molecular formula is C27H41N9O5. The largest absolute Gasteiger partial charge is 0.480 e. The van der Waals surface area contributed by atoms with Gasteiger partial charge in [-0.2, -0.15) is 0 Å². The zero-order valence-electron chi connectivity index (χ0n) is 23.4. The van der Waals surface area contributed by atoms with Crippen LogP contribution in [0.2, 0.25) is 0 Å². The summed E-state index contributed by atoms with van der Waals surface area (Å²) in [7, 11) is 0. The highest BCUT2D eigenvalue weighted by Crippen LogP contribution is 2.09. The maximum absolute atomic E-state index is 13.4. The van der Waals surface area contributed by atoms with Gasteiger partial charge in [-0.1, -0.05) is 44.2 Å². The lowest BCUT2D eigenvalue weighted by atomic mass is 10.0. The molecule has 0 saturated heterocycles. The number of amides is 3. The lowest BCUT2D eigenvalue weighted by molar-refractivity contribution is -0.142. The predicted octanol–water partition coefficient (Wildman–Crippen LogP) is -0.839. The summed E-state index contributed by atoms with van der Waals surface area (Å²) in [6, 6.07) is 4.96. The number of aliphatic imine (C=N–C) groups is 1. The van der Waals surface area contributed by atoms with E-state index in [1.807, 2.05) is 44.2 Å². The number of rotatable bonds is 17. The van der Waals surface area contributed by atoms with Gasteiger partial charge in [0.05, 0.1) is 12.4 Å². The first-order chi connectivity index (χ1) is 19.5. The highest BCUT2D eigenvalue weighted by Gasteiger charge is 2.31. The second-order valence-electron chi connectivity index (χ2n) is 10.2. The molecule has 3 amide bonds. The van der Waals surface area contributed by atoms with Gasteiger partial charge in [0.25, 0.3) is 0 Å². The molecule has 2 rings (SSSR count). The first kappa shape index (κ1) is 32.8. The summed E-state index contributed by atoms with van der Waals surface area (Å²) in [4.78, 5) is 61.9. The SMILES string of the molecule is CC(C)CC(NC(=O)C(CCCN=C(N)N)NC(=O)C(N)Cc1ccccc1)C(=O)NC(Cc1cnc[nH]1)C(=O)O. The molecule has 0 fully saturated rings. The molecular weight excluding hydrogens is 530 g/mol. The molecule has 1 aromatic carbocycles. The van der Waals surface area contributed by atoms with E-state index < -0.39 is 47.9 Å². The second-order valence-corrected chi connectivity index (χ2v) is 10.2. The van der Waals surface area contributed by atoms with Gasteiger partial charge in [-0.15, -0.1) is 0 Å². The molecule has 224 valence electrons. The van der Waals surface area contributed by atoms with E-state index in [-0.39, 0.29) is 44.1 Å². The lowest BCUT2D eigenvalue weighted by Gasteiger charge is -2.26. The van der Waals surface area contributed by atoms with Crippen molar-refractivity contribution in [2.75, 3.05) is 6.54 Å². The van der Waals surface area contributed by atoms with Crippen molar-refractivity contribution in [1.29, 1.82) is 0 Å². The average molecular weight is 572 g/mol. The molecule has 0 aliphatic rings. The quantitative estimate of drug-likeness (QED) is 0.0669. The highest BCUT2D eigenvalue weighted by atomic mass is 16.4. The summed E-state index contributed by atoms with van der Waals surface area (Å²) in [6.07, 6.45) is 3.87. The van der Waals surface area contributed by atoms with Gasteiger partial charge in [-0.05, 0) is 37.2 Å². The highest BCUT2D eigenvalue weighted by molar-refractivity contribution is 5.94. The van der Waals surface area contributed by atoms with Crippen LogP contribution < -0.4 is 33.2 Å². The topological polar surface area (TPSA) is 244 Å². The van der Waals surface area contributed by atoms with Crippen molar-refractivity contribution in [2.45, 2.75) is 70.1 Å². The molecule has 0 aliphatic carbocycles. The number of nitrogens with two attached hydrogens (primary N) is 3. The summed E-state index contributed by atoms with van der Waals surface area (Å²) in [5.41, 5.74) is 18.3. The van der Waals surface area contributed by atoms with Crippen LogP contribution >= 0.6 is 0 Å². The van der Waals surface area contributed by atoms with Crippen molar-refractivity contribution in [3.05, 3.63) is 54.1 Å². The van der Waals surface area contributed by atoms with Crippen LogP contribution in [-0.4, -0.2) is 75.4 Å². The maximum Gasteiger partial charge on any atom is 0.326 e. The monoisotopic (exact) mass is 571 g/mol. The number of carboxylic acid groups (broad SMARTS) is 1. The van der Waals surface area contributed by atoms with Crippen LogP contribution in [0.25, 0.3) is 0 Å². The molecule has 14 nitrogen and oxygen atoms in total. The van der Waals surface area contributed by atoms with E-state index in [9.17, 15) is 24.3 Å². The summed E-state index contributed by atoms with van der Waals surface area (Å²) in [6.45, 7) is 3.95. The summed E-state index contributed by atoms with van der Waals surface area (Å²) < 4.78 is 0. The predicted molar refractivity (Wildman–Crippen MR) is 153 cm³/mol. The number of guanidine groups is 1. The van der Waals surface area contributed by atoms with Gasteiger partial charge in [0.1, 0.15) is 18.1 Å². The molecule has 2 aromatic rings. The van der Waals surface area contributed by atoms with Gasteiger partial charge in [-0.3, -0.25) is 19.4 Å². The zero-order chi connectivity index (χ0) is 30.4. The number of nitrogens with zero attached hydrogens (tertiary/aromatic N) is 2. The number of nitrogens with one attached hydrogen (secondary N) is 4. The van der Waals surface area contributed by atoms with E-state index in [2.05, 4.69) is 30.9 Å². The fourth-order valence-electron chi connectivity index (χ4n) is 4.08. The zero-order valence-corrected chi connectivity index (χ0v) is 23.4. The summed E-state index contributed by atoms with van der Waals surface area (Å²) in [5, 5.41) is 17.5. The number of hydrogen-bond donors (Lipinski definition) is 8. The Balaban J connectivity index is 2.15. The Kier molecular flexibility index (Phi) is 13.3. The van der Waals surface area contributed by atoms with Crippen LogP contribution in [0, 0.1) is 5.92 Å². The fourth-order valence-corrected chi connectivity index (χ4v) is 4.08. The number of benzene rings is 1. The van der Waals surface area contributed by atoms with Crippen molar-refractivity contribution in [3.8, 4) is 0 Å². The Morgan fingerprint density at radius 3 is 2.17 bits per heavy atom. The van der Waals surface area contributed by atoms with E-state index in [0.717, 1.165) is 5.56 Å². The number of hydrogen-bond acceptors (Lipinski definition) is 7. The number of carboxylic acids is 1. The van der Waals surface area contributed by atoms with E-state index in [1.165, 1.54) is 12.5 Å². The van der Waals surface area contributed by atoms with Gasteiger partial charge in [-0.25, -0.2) is 9.78 Å². The molecule has 14 heteroatoms. The van der Waals surface area contributed by atoms with E-state index >= 15 is 0 Å². The maximum atomic E-state index is 13.4. The molecule has 0 saturated carbocycles. The molecule has 11 N–H and O–H groups in total. The molecule has 0 radical (unpaired) electrons. The van der Waals surface area contributed by atoms with Crippen molar-refractivity contribution in [3.63, 3.8) is 0 Å². The Labute approximate surface area is 238 Å². The third-order valence-corrected chi connectivity index (χ3v) is 6.15. The molecule has 4 unspecified atom stereocenters. The average Bonchev–Trinajstić information content (AvgIpc) is 3.42. The fraction of sp³-hybridized carbons (Fsp3) is 0.481. The molecule has 1 heterocycles. The first-order valence-electron chi connectivity index (χ1n) is 13.4. The van der Waals surface area contributed by atoms with Gasteiger partial charge in [0, 0.05) is 24.9 Å². The molecule has 41 heavy (non-hydrogen) atoms. The summed E-state index contributed by atoms with van der Waals surface area (Å²) >= 11 is 0. The van der Waals surface area contributed by atoms with Gasteiger partial charge < -0.3 is 43.2 Å². The van der Waals surface area contributed by atoms with Crippen molar-refractivity contribution < 1.29 is 24.3 Å². The Hall–Kier alpha value is -4.46. The van der Waals surface area contributed by atoms with E-state index in [1.54, 1.807) is 0 Å². The van der Waals surface area contributed by atoms with E-state index in [0.29, 0.717) is 12.1 Å². The normalized spacial score (nSPS) is 13.9. The van der Waals surface area contributed by atoms with Crippen molar-refractivity contribution in [2.24, 2.45) is 28.1 Å². The van der Waals surface area contributed by atoms with Crippen LogP contribution in [0.1, 0.15) is 44.4 Å². The Bertz CT molecular complexity index is 1150. The number of aromatic amines is 1. The Morgan fingerprint density at radius 1 is 0.951 bits per heavy atom. The van der Waals surface area contributed by atoms with E-state index in [4.69, 9.17) is 17.2 Å². The van der Waals surface area contributed by atoms with Crippen LogP contribution in [-0.2, 0) is 32.0 Å². The standard InChI is InChI=1S/C27H41N9O5/c1-16(2)11-21(25(39)36-22(26(40)41)13-18-14-31-15-33-18)35-24(38)20(9-6-10-32-27(29)30)34-23(37)19(28)12-17-7-4-3-5-8-17/h3-5,7-8,14-16,19-22H,6,9-13,28H2,1-2H3,(H,31,33)(H,34,37)(H,35,38)(H,36,39)(H,40,41)(H4,29,30,32). The number of imidazole rings is 1.